The zero-order valence-corrected chi connectivity index (χ0v) is 12.5. The van der Waals surface area contributed by atoms with Gasteiger partial charge in [0.1, 0.15) is 6.61 Å². The number of nitrogens with zero attached hydrogens (tertiary/aromatic N) is 1. The molecule has 0 unspecified atom stereocenters. The van der Waals surface area contributed by atoms with Crippen molar-refractivity contribution in [2.45, 2.75) is 32.8 Å². The molecule has 0 bridgehead atoms. The number of carbonyl (C=O) groups excluding carboxylic acids is 1. The summed E-state index contributed by atoms with van der Waals surface area (Å²) in [7, 11) is 0. The molecule has 0 aliphatic heterocycles. The van der Waals surface area contributed by atoms with Crippen LogP contribution in [0.4, 0.5) is 4.79 Å². The van der Waals surface area contributed by atoms with Gasteiger partial charge in [0.2, 0.25) is 0 Å². The fraction of sp³-hybridized carbons (Fsp3) is 0.375. The van der Waals surface area contributed by atoms with Crippen LogP contribution in [-0.4, -0.2) is 18.5 Å². The first-order valence-corrected chi connectivity index (χ1v) is 7.01. The summed E-state index contributed by atoms with van der Waals surface area (Å²) in [5.74, 6) is 0.578. The predicted octanol–water partition coefficient (Wildman–Crippen LogP) is 2.97. The zero-order valence-electron chi connectivity index (χ0n) is 12.5. The maximum absolute atomic E-state index is 11.5. The molecule has 0 radical (unpaired) electrons. The molecule has 1 amide bonds. The normalized spacial score (nSPS) is 11.0. The van der Waals surface area contributed by atoms with Crippen LogP contribution in [0.15, 0.2) is 47.6 Å². The van der Waals surface area contributed by atoms with E-state index < -0.39 is 6.09 Å². The molecule has 5 heteroatoms. The van der Waals surface area contributed by atoms with Crippen LogP contribution in [0.25, 0.3) is 0 Å². The number of carbonyl (C=O) groups is 1. The van der Waals surface area contributed by atoms with Gasteiger partial charge in [-0.1, -0.05) is 36.9 Å². The Morgan fingerprint density at radius 1 is 1.33 bits per heavy atom. The average molecular weight is 289 g/mol. The second-order valence-corrected chi connectivity index (χ2v) is 4.78. The van der Waals surface area contributed by atoms with Crippen molar-refractivity contribution in [3.63, 3.8) is 0 Å². The van der Waals surface area contributed by atoms with Gasteiger partial charge in [0, 0.05) is 18.7 Å². The number of rotatable bonds is 8. The topological polar surface area (TPSA) is 76.7 Å². The molecule has 1 rings (SSSR count). The maximum Gasteiger partial charge on any atom is 0.407 e. The Hall–Kier alpha value is -2.30. The molecule has 0 aromatic heterocycles. The predicted molar refractivity (Wildman–Crippen MR) is 84.9 cm³/mol. The Morgan fingerprint density at radius 2 is 2.05 bits per heavy atom. The van der Waals surface area contributed by atoms with Crippen LogP contribution in [0, 0.1) is 0 Å². The lowest BCUT2D eigenvalue weighted by atomic mass is 10.2. The number of amides is 1. The number of ether oxygens (including phenoxy) is 1. The van der Waals surface area contributed by atoms with Crippen molar-refractivity contribution in [1.82, 2.24) is 5.32 Å². The first kappa shape index (κ1) is 16.8. The number of nitrogens with two attached hydrogens (primary N) is 1. The quantitative estimate of drug-likeness (QED) is 0.439. The standard InChI is InChI=1S/C16H23N3O2/c1-13(2)19-15(17)10-6-7-11-18-16(20)21-12-14-8-4-3-5-9-14/h3-5,8-9H,1,6-7,10-12H2,2H3,(H2,17,19)(H,18,20). The highest BCUT2D eigenvalue weighted by Gasteiger charge is 2.01. The minimum atomic E-state index is -0.401. The van der Waals surface area contributed by atoms with E-state index in [-0.39, 0.29) is 6.61 Å². The Labute approximate surface area is 125 Å². The molecule has 0 fully saturated rings. The first-order chi connectivity index (χ1) is 10.1. The van der Waals surface area contributed by atoms with Crippen molar-refractivity contribution in [2.75, 3.05) is 6.54 Å². The monoisotopic (exact) mass is 289 g/mol. The molecule has 5 nitrogen and oxygen atoms in total. The van der Waals surface area contributed by atoms with Gasteiger partial charge in [-0.3, -0.25) is 0 Å². The molecule has 0 heterocycles. The second kappa shape index (κ2) is 9.58. The fourth-order valence-electron chi connectivity index (χ4n) is 1.70. The molecule has 3 N–H and O–H groups in total. The van der Waals surface area contributed by atoms with Crippen molar-refractivity contribution in [1.29, 1.82) is 0 Å². The van der Waals surface area contributed by atoms with E-state index in [4.69, 9.17) is 10.5 Å². The molecule has 0 saturated heterocycles. The average Bonchev–Trinajstić information content (AvgIpc) is 2.45. The molecule has 0 atom stereocenters. The summed E-state index contributed by atoms with van der Waals surface area (Å²) in [5.41, 5.74) is 7.38. The minimum Gasteiger partial charge on any atom is -0.445 e. The van der Waals surface area contributed by atoms with E-state index >= 15 is 0 Å². The van der Waals surface area contributed by atoms with E-state index in [9.17, 15) is 4.79 Å². The molecule has 0 saturated carbocycles. The number of unbranched alkanes of at least 4 members (excludes halogenated alkanes) is 1. The van der Waals surface area contributed by atoms with Crippen molar-refractivity contribution in [2.24, 2.45) is 10.7 Å². The Morgan fingerprint density at radius 3 is 2.71 bits per heavy atom. The number of hydrogen-bond acceptors (Lipinski definition) is 3. The number of hydrogen-bond donors (Lipinski definition) is 2. The van der Waals surface area contributed by atoms with E-state index in [0.717, 1.165) is 18.4 Å². The third-order valence-electron chi connectivity index (χ3n) is 2.68. The number of benzene rings is 1. The number of alkyl carbamates (subject to hydrolysis) is 1. The van der Waals surface area contributed by atoms with Gasteiger partial charge in [-0.25, -0.2) is 9.79 Å². The van der Waals surface area contributed by atoms with Crippen LogP contribution < -0.4 is 11.1 Å². The zero-order chi connectivity index (χ0) is 15.5. The second-order valence-electron chi connectivity index (χ2n) is 4.78. The van der Waals surface area contributed by atoms with E-state index in [1.54, 1.807) is 6.92 Å². The van der Waals surface area contributed by atoms with Gasteiger partial charge >= 0.3 is 6.09 Å². The Balaban J connectivity index is 2.07. The molecular formula is C16H23N3O2. The highest BCUT2D eigenvalue weighted by atomic mass is 16.5. The lowest BCUT2D eigenvalue weighted by molar-refractivity contribution is 0.139. The molecular weight excluding hydrogens is 266 g/mol. The van der Waals surface area contributed by atoms with E-state index in [1.807, 2.05) is 30.3 Å². The highest BCUT2D eigenvalue weighted by Crippen LogP contribution is 2.01. The van der Waals surface area contributed by atoms with Crippen molar-refractivity contribution in [3.8, 4) is 0 Å². The molecule has 0 aliphatic carbocycles. The van der Waals surface area contributed by atoms with Gasteiger partial charge in [0.25, 0.3) is 0 Å². The van der Waals surface area contributed by atoms with Crippen LogP contribution >= 0.6 is 0 Å². The third-order valence-corrected chi connectivity index (χ3v) is 2.68. The number of amidine groups is 1. The smallest absolute Gasteiger partial charge is 0.407 e. The van der Waals surface area contributed by atoms with Gasteiger partial charge in [0.15, 0.2) is 0 Å². The Kier molecular flexibility index (Phi) is 7.64. The van der Waals surface area contributed by atoms with Crippen LogP contribution in [0.5, 0.6) is 0 Å². The highest BCUT2D eigenvalue weighted by molar-refractivity contribution is 5.81. The number of nitrogens with one attached hydrogen (secondary N) is 1. The molecule has 0 spiro atoms. The fourth-order valence-corrected chi connectivity index (χ4v) is 1.70. The third kappa shape index (κ3) is 8.47. The van der Waals surface area contributed by atoms with Gasteiger partial charge < -0.3 is 15.8 Å². The summed E-state index contributed by atoms with van der Waals surface area (Å²) in [6.45, 7) is 6.32. The molecule has 21 heavy (non-hydrogen) atoms. The summed E-state index contributed by atoms with van der Waals surface area (Å²) in [6.07, 6.45) is 1.99. The van der Waals surface area contributed by atoms with Gasteiger partial charge in [-0.15, -0.1) is 0 Å². The summed E-state index contributed by atoms with van der Waals surface area (Å²) in [6, 6.07) is 9.57. The van der Waals surface area contributed by atoms with Gasteiger partial charge in [0.05, 0.1) is 5.84 Å². The SMILES string of the molecule is C=C(C)N=C(N)CCCCNC(=O)OCc1ccccc1. The van der Waals surface area contributed by atoms with Crippen LogP contribution in [0.2, 0.25) is 0 Å². The number of allylic oxidation sites excluding steroid dienone is 1. The first-order valence-electron chi connectivity index (χ1n) is 7.01. The summed E-state index contributed by atoms with van der Waals surface area (Å²) in [5, 5.41) is 2.71. The molecule has 114 valence electrons. The van der Waals surface area contributed by atoms with E-state index in [0.29, 0.717) is 24.5 Å². The Bertz CT molecular complexity index is 484. The molecule has 1 aromatic carbocycles. The van der Waals surface area contributed by atoms with Crippen LogP contribution in [0.1, 0.15) is 31.7 Å². The number of aliphatic imine (C=N–C) groups is 1. The summed E-state index contributed by atoms with van der Waals surface area (Å²) in [4.78, 5) is 15.5. The maximum atomic E-state index is 11.5. The lowest BCUT2D eigenvalue weighted by Crippen LogP contribution is -2.25. The summed E-state index contributed by atoms with van der Waals surface area (Å²) >= 11 is 0. The van der Waals surface area contributed by atoms with Gasteiger partial charge in [-0.05, 0) is 25.3 Å². The van der Waals surface area contributed by atoms with Crippen LogP contribution in [0.3, 0.4) is 0 Å². The van der Waals surface area contributed by atoms with E-state index in [2.05, 4.69) is 16.9 Å². The largest absolute Gasteiger partial charge is 0.445 e. The molecule has 0 aliphatic rings. The van der Waals surface area contributed by atoms with Crippen molar-refractivity contribution < 1.29 is 9.53 Å². The van der Waals surface area contributed by atoms with Crippen molar-refractivity contribution in [3.05, 3.63) is 48.2 Å². The van der Waals surface area contributed by atoms with E-state index in [1.165, 1.54) is 0 Å². The van der Waals surface area contributed by atoms with Gasteiger partial charge in [-0.2, -0.15) is 0 Å². The summed E-state index contributed by atoms with van der Waals surface area (Å²) < 4.78 is 5.10. The lowest BCUT2D eigenvalue weighted by Gasteiger charge is -2.07. The van der Waals surface area contributed by atoms with Crippen molar-refractivity contribution >= 4 is 11.9 Å². The minimum absolute atomic E-state index is 0.283. The van der Waals surface area contributed by atoms with Crippen LogP contribution in [-0.2, 0) is 11.3 Å². The molecule has 1 aromatic rings.